The molecule has 2 N–H and O–H groups in total. The largest absolute Gasteiger partial charge is 0.389 e. The van der Waals surface area contributed by atoms with E-state index in [0.717, 1.165) is 6.07 Å². The minimum absolute atomic E-state index is 0.0771. The third-order valence-corrected chi connectivity index (χ3v) is 2.65. The Kier molecular flexibility index (Phi) is 4.53. The summed E-state index contributed by atoms with van der Waals surface area (Å²) >= 11 is 5.58. The summed E-state index contributed by atoms with van der Waals surface area (Å²) in [5.74, 6) is 0. The number of rotatable bonds is 4. The van der Waals surface area contributed by atoms with E-state index in [-0.39, 0.29) is 22.7 Å². The van der Waals surface area contributed by atoms with Crippen LogP contribution in [0.5, 0.6) is 0 Å². The van der Waals surface area contributed by atoms with E-state index in [9.17, 15) is 23.3 Å². The average Bonchev–Trinajstić information content (AvgIpc) is 2.25. The number of nitrogens with two attached hydrogens (primary N) is 1. The van der Waals surface area contributed by atoms with Gasteiger partial charge in [-0.3, -0.25) is 10.1 Å². The Balaban J connectivity index is 2.83. The monoisotopic (exact) mass is 282 g/mol. The van der Waals surface area contributed by atoms with Crippen molar-refractivity contribution in [1.29, 1.82) is 0 Å². The summed E-state index contributed by atoms with van der Waals surface area (Å²) in [6.07, 6.45) is -5.66. The Morgan fingerprint density at radius 1 is 1.44 bits per heavy atom. The van der Waals surface area contributed by atoms with Crippen LogP contribution in [0.3, 0.4) is 0 Å². The zero-order valence-electron chi connectivity index (χ0n) is 9.08. The first-order chi connectivity index (χ1) is 8.20. The summed E-state index contributed by atoms with van der Waals surface area (Å²) in [5, 5.41) is 10.5. The second-order valence-corrected chi connectivity index (χ2v) is 4.14. The number of hydrogen-bond donors (Lipinski definition) is 1. The van der Waals surface area contributed by atoms with Gasteiger partial charge in [-0.2, -0.15) is 13.2 Å². The van der Waals surface area contributed by atoms with E-state index in [1.807, 2.05) is 0 Å². The average molecular weight is 283 g/mol. The normalized spacial score (nSPS) is 13.4. The van der Waals surface area contributed by atoms with Crippen LogP contribution in [-0.2, 0) is 0 Å². The van der Waals surface area contributed by atoms with Crippen LogP contribution in [0.1, 0.15) is 24.4 Å². The summed E-state index contributed by atoms with van der Waals surface area (Å²) in [4.78, 5) is 9.91. The number of alkyl halides is 3. The lowest BCUT2D eigenvalue weighted by Gasteiger charge is -2.13. The summed E-state index contributed by atoms with van der Waals surface area (Å²) in [6.45, 7) is 0. The van der Waals surface area contributed by atoms with Gasteiger partial charge in [0.05, 0.1) is 4.92 Å². The topological polar surface area (TPSA) is 69.2 Å². The standard InChI is InChI=1S/C10H10ClF3N2O2/c11-7-2-1-6(5-9(7)16(17)18)8(15)3-4-10(12,13)14/h1-2,5,8H,3-4,15H2/t8-/m0/s1. The maximum Gasteiger partial charge on any atom is 0.389 e. The van der Waals surface area contributed by atoms with Crippen molar-refractivity contribution in [2.24, 2.45) is 5.73 Å². The van der Waals surface area contributed by atoms with Crippen LogP contribution < -0.4 is 5.73 Å². The molecule has 0 aliphatic rings. The molecule has 1 atom stereocenters. The highest BCUT2D eigenvalue weighted by Crippen LogP contribution is 2.30. The van der Waals surface area contributed by atoms with Crippen molar-refractivity contribution in [2.75, 3.05) is 0 Å². The van der Waals surface area contributed by atoms with E-state index in [2.05, 4.69) is 0 Å². The van der Waals surface area contributed by atoms with Crippen molar-refractivity contribution in [3.8, 4) is 0 Å². The highest BCUT2D eigenvalue weighted by atomic mass is 35.5. The number of hydrogen-bond acceptors (Lipinski definition) is 3. The molecule has 0 unspecified atom stereocenters. The fraction of sp³-hybridized carbons (Fsp3) is 0.400. The number of nitrogens with zero attached hydrogens (tertiary/aromatic N) is 1. The molecule has 0 fully saturated rings. The van der Waals surface area contributed by atoms with Gasteiger partial charge in [0.15, 0.2) is 0 Å². The Bertz CT molecular complexity index is 451. The van der Waals surface area contributed by atoms with E-state index in [4.69, 9.17) is 17.3 Å². The summed E-state index contributed by atoms with van der Waals surface area (Å²) in [7, 11) is 0. The maximum absolute atomic E-state index is 12.0. The molecule has 1 aromatic carbocycles. The molecule has 0 saturated carbocycles. The Morgan fingerprint density at radius 2 is 2.06 bits per heavy atom. The zero-order valence-corrected chi connectivity index (χ0v) is 9.83. The van der Waals surface area contributed by atoms with Gasteiger partial charge in [-0.25, -0.2) is 0 Å². The van der Waals surface area contributed by atoms with Gasteiger partial charge in [-0.1, -0.05) is 17.7 Å². The van der Waals surface area contributed by atoms with Crippen LogP contribution in [0.25, 0.3) is 0 Å². The molecule has 0 aromatic heterocycles. The first-order valence-corrected chi connectivity index (χ1v) is 5.34. The van der Waals surface area contributed by atoms with Gasteiger partial charge in [0.1, 0.15) is 5.02 Å². The molecule has 0 aliphatic carbocycles. The molecule has 0 radical (unpaired) electrons. The van der Waals surface area contributed by atoms with Gasteiger partial charge in [0.25, 0.3) is 5.69 Å². The lowest BCUT2D eigenvalue weighted by Crippen LogP contribution is -2.15. The van der Waals surface area contributed by atoms with Crippen LogP contribution >= 0.6 is 11.6 Å². The molecule has 0 bridgehead atoms. The first-order valence-electron chi connectivity index (χ1n) is 4.97. The molecule has 0 spiro atoms. The Labute approximate surface area is 106 Å². The molecule has 18 heavy (non-hydrogen) atoms. The van der Waals surface area contributed by atoms with Gasteiger partial charge in [0.2, 0.25) is 0 Å². The predicted octanol–water partition coefficient (Wildman–Crippen LogP) is 3.59. The number of nitro benzene ring substituents is 1. The second kappa shape index (κ2) is 5.53. The number of nitro groups is 1. The first kappa shape index (κ1) is 14.7. The van der Waals surface area contributed by atoms with Crippen LogP contribution in [0.4, 0.5) is 18.9 Å². The maximum atomic E-state index is 12.0. The second-order valence-electron chi connectivity index (χ2n) is 3.73. The molecule has 4 nitrogen and oxygen atoms in total. The lowest BCUT2D eigenvalue weighted by atomic mass is 10.0. The van der Waals surface area contributed by atoms with Gasteiger partial charge in [0, 0.05) is 18.5 Å². The zero-order chi connectivity index (χ0) is 13.9. The highest BCUT2D eigenvalue weighted by Gasteiger charge is 2.28. The van der Waals surface area contributed by atoms with E-state index in [0.29, 0.717) is 0 Å². The SMILES string of the molecule is N[C@@H](CCC(F)(F)F)c1ccc(Cl)c([N+](=O)[O-])c1. The minimum Gasteiger partial charge on any atom is -0.324 e. The molecule has 0 amide bonds. The summed E-state index contributed by atoms with van der Waals surface area (Å²) in [6, 6.07) is 2.82. The van der Waals surface area contributed by atoms with Crippen molar-refractivity contribution in [3.05, 3.63) is 38.9 Å². The van der Waals surface area contributed by atoms with Crippen molar-refractivity contribution >= 4 is 17.3 Å². The van der Waals surface area contributed by atoms with Crippen molar-refractivity contribution < 1.29 is 18.1 Å². The Hall–Kier alpha value is -1.34. The van der Waals surface area contributed by atoms with Gasteiger partial charge >= 0.3 is 6.18 Å². The van der Waals surface area contributed by atoms with Gasteiger partial charge in [-0.15, -0.1) is 0 Å². The Morgan fingerprint density at radius 3 is 2.56 bits per heavy atom. The van der Waals surface area contributed by atoms with Gasteiger partial charge < -0.3 is 5.73 Å². The van der Waals surface area contributed by atoms with Crippen LogP contribution in [-0.4, -0.2) is 11.1 Å². The third kappa shape index (κ3) is 4.15. The lowest BCUT2D eigenvalue weighted by molar-refractivity contribution is -0.384. The summed E-state index contributed by atoms with van der Waals surface area (Å²) in [5.41, 5.74) is 5.45. The van der Waals surface area contributed by atoms with E-state index < -0.39 is 23.6 Å². The van der Waals surface area contributed by atoms with Gasteiger partial charge in [-0.05, 0) is 18.1 Å². The molecule has 8 heteroatoms. The van der Waals surface area contributed by atoms with Crippen molar-refractivity contribution in [1.82, 2.24) is 0 Å². The molecule has 0 heterocycles. The molecular formula is C10H10ClF3N2O2. The van der Waals surface area contributed by atoms with Crippen LogP contribution in [0.15, 0.2) is 18.2 Å². The molecule has 1 rings (SSSR count). The predicted molar refractivity (Wildman–Crippen MR) is 60.3 cm³/mol. The molecule has 0 saturated heterocycles. The minimum atomic E-state index is -4.30. The van der Waals surface area contributed by atoms with E-state index in [1.165, 1.54) is 12.1 Å². The van der Waals surface area contributed by atoms with Crippen molar-refractivity contribution in [3.63, 3.8) is 0 Å². The number of benzene rings is 1. The van der Waals surface area contributed by atoms with E-state index in [1.54, 1.807) is 0 Å². The highest BCUT2D eigenvalue weighted by molar-refractivity contribution is 6.32. The van der Waals surface area contributed by atoms with Crippen LogP contribution in [0.2, 0.25) is 5.02 Å². The van der Waals surface area contributed by atoms with E-state index >= 15 is 0 Å². The smallest absolute Gasteiger partial charge is 0.324 e. The fourth-order valence-electron chi connectivity index (χ4n) is 1.39. The molecule has 100 valence electrons. The molecule has 0 aliphatic heterocycles. The number of halogens is 4. The quantitative estimate of drug-likeness (QED) is 0.678. The van der Waals surface area contributed by atoms with Crippen LogP contribution in [0, 0.1) is 10.1 Å². The molecule has 1 aromatic rings. The summed E-state index contributed by atoms with van der Waals surface area (Å²) < 4.78 is 36.1. The fourth-order valence-corrected chi connectivity index (χ4v) is 1.57. The third-order valence-electron chi connectivity index (χ3n) is 2.33. The molecular weight excluding hydrogens is 273 g/mol. The van der Waals surface area contributed by atoms with Crippen molar-refractivity contribution in [2.45, 2.75) is 25.1 Å².